The third-order valence-electron chi connectivity index (χ3n) is 5.54. The number of likely N-dealkylation sites (N-methyl/N-ethyl adjacent to an activating group) is 1. The molecule has 1 amide bonds. The van der Waals surface area contributed by atoms with E-state index in [-0.39, 0.29) is 11.9 Å². The molecule has 6 heteroatoms. The van der Waals surface area contributed by atoms with Gasteiger partial charge in [0, 0.05) is 44.8 Å². The van der Waals surface area contributed by atoms with Crippen molar-refractivity contribution in [2.24, 2.45) is 0 Å². The van der Waals surface area contributed by atoms with Gasteiger partial charge in [0.05, 0.1) is 12.6 Å². The third kappa shape index (κ3) is 3.87. The fourth-order valence-corrected chi connectivity index (χ4v) is 3.59. The number of hydrogen-bond acceptors (Lipinski definition) is 5. The molecule has 0 radical (unpaired) electrons. The average molecular weight is 378 g/mol. The SMILES string of the molecule is CC(c1cc2ccccc2o1)N(C)C(=O)CN1CCN(c2ccccn2)CC1. The summed E-state index contributed by atoms with van der Waals surface area (Å²) in [4.78, 5) is 23.5. The molecule has 1 aliphatic heterocycles. The minimum atomic E-state index is -0.102. The average Bonchev–Trinajstić information content (AvgIpc) is 3.18. The van der Waals surface area contributed by atoms with E-state index in [0.717, 1.165) is 48.7 Å². The summed E-state index contributed by atoms with van der Waals surface area (Å²) in [6, 6.07) is 15.8. The summed E-state index contributed by atoms with van der Waals surface area (Å²) in [5, 5.41) is 1.07. The lowest BCUT2D eigenvalue weighted by Crippen LogP contribution is -2.50. The van der Waals surface area contributed by atoms with Gasteiger partial charge >= 0.3 is 0 Å². The van der Waals surface area contributed by atoms with Crippen LogP contribution in [0.3, 0.4) is 0 Å². The van der Waals surface area contributed by atoms with E-state index in [0.29, 0.717) is 6.54 Å². The molecule has 2 aromatic heterocycles. The Bertz CT molecular complexity index is 899. The second-order valence-electron chi connectivity index (χ2n) is 7.32. The van der Waals surface area contributed by atoms with Crippen LogP contribution in [0.25, 0.3) is 11.0 Å². The molecule has 1 fully saturated rings. The summed E-state index contributed by atoms with van der Waals surface area (Å²) in [5.41, 5.74) is 0.857. The number of carbonyl (C=O) groups is 1. The Hall–Kier alpha value is -2.86. The molecule has 0 spiro atoms. The number of rotatable bonds is 5. The molecule has 1 atom stereocenters. The maximum Gasteiger partial charge on any atom is 0.237 e. The highest BCUT2D eigenvalue weighted by atomic mass is 16.3. The van der Waals surface area contributed by atoms with Crippen LogP contribution in [0, 0.1) is 0 Å². The first-order valence-electron chi connectivity index (χ1n) is 9.74. The molecule has 4 rings (SSSR count). The van der Waals surface area contributed by atoms with Crippen LogP contribution in [0.4, 0.5) is 5.82 Å². The van der Waals surface area contributed by atoms with Gasteiger partial charge in [0.2, 0.25) is 5.91 Å². The summed E-state index contributed by atoms with van der Waals surface area (Å²) >= 11 is 0. The van der Waals surface area contributed by atoms with Gasteiger partial charge in [-0.1, -0.05) is 24.3 Å². The lowest BCUT2D eigenvalue weighted by Gasteiger charge is -2.36. The van der Waals surface area contributed by atoms with E-state index < -0.39 is 0 Å². The van der Waals surface area contributed by atoms with Crippen LogP contribution >= 0.6 is 0 Å². The van der Waals surface area contributed by atoms with Crippen molar-refractivity contribution in [1.82, 2.24) is 14.8 Å². The molecule has 1 saturated heterocycles. The zero-order valence-electron chi connectivity index (χ0n) is 16.4. The molecule has 28 heavy (non-hydrogen) atoms. The fourth-order valence-electron chi connectivity index (χ4n) is 3.59. The largest absolute Gasteiger partial charge is 0.459 e. The first-order valence-corrected chi connectivity index (χ1v) is 9.74. The number of amides is 1. The van der Waals surface area contributed by atoms with Gasteiger partial charge in [-0.3, -0.25) is 9.69 Å². The number of piperazine rings is 1. The van der Waals surface area contributed by atoms with Crippen LogP contribution in [0.5, 0.6) is 0 Å². The number of fused-ring (bicyclic) bond motifs is 1. The molecule has 6 nitrogen and oxygen atoms in total. The van der Waals surface area contributed by atoms with Crippen molar-refractivity contribution < 1.29 is 9.21 Å². The van der Waals surface area contributed by atoms with Crippen molar-refractivity contribution in [2.45, 2.75) is 13.0 Å². The van der Waals surface area contributed by atoms with E-state index >= 15 is 0 Å². The third-order valence-corrected chi connectivity index (χ3v) is 5.54. The molecule has 0 saturated carbocycles. The molecule has 0 bridgehead atoms. The summed E-state index contributed by atoms with van der Waals surface area (Å²) in [6.07, 6.45) is 1.82. The number of carbonyl (C=O) groups excluding carboxylic acids is 1. The van der Waals surface area contributed by atoms with Crippen LogP contribution in [0.15, 0.2) is 59.1 Å². The van der Waals surface area contributed by atoms with Crippen LogP contribution in [-0.2, 0) is 4.79 Å². The van der Waals surface area contributed by atoms with Gasteiger partial charge < -0.3 is 14.2 Å². The Kier molecular flexibility index (Phi) is 5.30. The topological polar surface area (TPSA) is 52.8 Å². The number of aromatic nitrogens is 1. The second kappa shape index (κ2) is 8.02. The molecule has 3 heterocycles. The van der Waals surface area contributed by atoms with Crippen LogP contribution in [0.1, 0.15) is 18.7 Å². The first-order chi connectivity index (χ1) is 13.6. The predicted octanol–water partition coefficient (Wildman–Crippen LogP) is 3.17. The molecule has 3 aromatic rings. The lowest BCUT2D eigenvalue weighted by atomic mass is 10.2. The fraction of sp³-hybridized carbons (Fsp3) is 0.364. The highest BCUT2D eigenvalue weighted by molar-refractivity contribution is 5.80. The monoisotopic (exact) mass is 378 g/mol. The van der Waals surface area contributed by atoms with E-state index in [4.69, 9.17) is 4.42 Å². The van der Waals surface area contributed by atoms with Crippen molar-refractivity contribution in [1.29, 1.82) is 0 Å². The van der Waals surface area contributed by atoms with Gasteiger partial charge in [0.15, 0.2) is 0 Å². The number of pyridine rings is 1. The number of nitrogens with zero attached hydrogens (tertiary/aromatic N) is 4. The van der Waals surface area contributed by atoms with Gasteiger partial charge in [-0.05, 0) is 31.2 Å². The van der Waals surface area contributed by atoms with Gasteiger partial charge in [0.25, 0.3) is 0 Å². The molecule has 0 N–H and O–H groups in total. The number of anilines is 1. The maximum absolute atomic E-state index is 12.8. The number of furan rings is 1. The van der Waals surface area contributed by atoms with Gasteiger partial charge in [0.1, 0.15) is 17.2 Å². The number of benzene rings is 1. The molecular formula is C22H26N4O2. The van der Waals surface area contributed by atoms with E-state index in [2.05, 4.69) is 14.8 Å². The zero-order valence-corrected chi connectivity index (χ0v) is 16.4. The smallest absolute Gasteiger partial charge is 0.237 e. The Morgan fingerprint density at radius 2 is 1.89 bits per heavy atom. The molecule has 1 aliphatic rings. The normalized spacial score (nSPS) is 16.3. The molecule has 0 aliphatic carbocycles. The second-order valence-corrected chi connectivity index (χ2v) is 7.32. The van der Waals surface area contributed by atoms with E-state index in [1.807, 2.05) is 68.7 Å². The molecule has 1 unspecified atom stereocenters. The van der Waals surface area contributed by atoms with Gasteiger partial charge in [-0.15, -0.1) is 0 Å². The first kappa shape index (κ1) is 18.5. The van der Waals surface area contributed by atoms with E-state index in [9.17, 15) is 4.79 Å². The molecular weight excluding hydrogens is 352 g/mol. The summed E-state index contributed by atoms with van der Waals surface area (Å²) in [5.74, 6) is 1.93. The van der Waals surface area contributed by atoms with Crippen molar-refractivity contribution in [2.75, 3.05) is 44.7 Å². The minimum Gasteiger partial charge on any atom is -0.459 e. The van der Waals surface area contributed by atoms with E-state index in [1.54, 1.807) is 4.90 Å². The minimum absolute atomic E-state index is 0.102. The van der Waals surface area contributed by atoms with Gasteiger partial charge in [-0.25, -0.2) is 4.98 Å². The summed E-state index contributed by atoms with van der Waals surface area (Å²) < 4.78 is 5.93. The highest BCUT2D eigenvalue weighted by Gasteiger charge is 2.25. The lowest BCUT2D eigenvalue weighted by molar-refractivity contribution is -0.133. The van der Waals surface area contributed by atoms with Crippen LogP contribution < -0.4 is 4.90 Å². The predicted molar refractivity (Wildman–Crippen MR) is 110 cm³/mol. The maximum atomic E-state index is 12.8. The Morgan fingerprint density at radius 1 is 1.14 bits per heavy atom. The van der Waals surface area contributed by atoms with Crippen molar-refractivity contribution >= 4 is 22.7 Å². The van der Waals surface area contributed by atoms with Crippen molar-refractivity contribution in [3.63, 3.8) is 0 Å². The highest BCUT2D eigenvalue weighted by Crippen LogP contribution is 2.26. The number of hydrogen-bond donors (Lipinski definition) is 0. The standard InChI is InChI=1S/C22H26N4O2/c1-17(20-15-18-7-3-4-8-19(18)28-20)24(2)22(27)16-25-11-13-26(14-12-25)21-9-5-6-10-23-21/h3-10,15,17H,11-14,16H2,1-2H3. The van der Waals surface area contributed by atoms with Crippen LogP contribution in [0.2, 0.25) is 0 Å². The Balaban J connectivity index is 1.33. The molecule has 1 aromatic carbocycles. The van der Waals surface area contributed by atoms with Crippen LogP contribution in [-0.4, -0.2) is 60.5 Å². The van der Waals surface area contributed by atoms with Crippen molar-refractivity contribution in [3.8, 4) is 0 Å². The van der Waals surface area contributed by atoms with E-state index in [1.165, 1.54) is 0 Å². The van der Waals surface area contributed by atoms with Gasteiger partial charge in [-0.2, -0.15) is 0 Å². The molecule has 146 valence electrons. The van der Waals surface area contributed by atoms with Crippen molar-refractivity contribution in [3.05, 3.63) is 60.5 Å². The quantitative estimate of drug-likeness (QED) is 0.683. The zero-order chi connectivity index (χ0) is 19.5. The Labute approximate surface area is 165 Å². The number of para-hydroxylation sites is 1. The summed E-state index contributed by atoms with van der Waals surface area (Å²) in [6.45, 7) is 5.91. The summed E-state index contributed by atoms with van der Waals surface area (Å²) in [7, 11) is 1.85. The Morgan fingerprint density at radius 3 is 2.61 bits per heavy atom.